The molecule has 1 aliphatic carbocycles. The Morgan fingerprint density at radius 2 is 0.875 bits per heavy atom. The van der Waals surface area contributed by atoms with E-state index in [1.165, 1.54) is 64.7 Å². The number of rotatable bonds is 6. The van der Waals surface area contributed by atoms with E-state index < -0.39 is 5.41 Å². The third-order valence-electron chi connectivity index (χ3n) is 11.4. The molecule has 3 heteroatoms. The molecule has 2 nitrogen and oxygen atoms in total. The quantitative estimate of drug-likeness (QED) is 0.170. The van der Waals surface area contributed by atoms with Crippen molar-refractivity contribution in [3.05, 3.63) is 229 Å². The molecule has 10 aromatic rings. The number of aromatic nitrogens is 2. The van der Waals surface area contributed by atoms with Crippen LogP contribution in [-0.4, -0.2) is 9.97 Å². The first-order valence-corrected chi connectivity index (χ1v) is 19.9. The van der Waals surface area contributed by atoms with Gasteiger partial charge in [-0.2, -0.15) is 0 Å². The van der Waals surface area contributed by atoms with Gasteiger partial charge in [0.1, 0.15) is 0 Å². The number of fused-ring (bicyclic) bond motifs is 6. The summed E-state index contributed by atoms with van der Waals surface area (Å²) in [5.41, 5.74) is 14.3. The first-order valence-electron chi connectivity index (χ1n) is 19.1. The summed E-state index contributed by atoms with van der Waals surface area (Å²) in [5.74, 6) is 0.702. The van der Waals surface area contributed by atoms with Gasteiger partial charge in [-0.1, -0.05) is 194 Å². The van der Waals surface area contributed by atoms with Crippen LogP contribution in [0.25, 0.3) is 76.3 Å². The lowest BCUT2D eigenvalue weighted by molar-refractivity contribution is 0.770. The van der Waals surface area contributed by atoms with Crippen molar-refractivity contribution >= 4 is 31.5 Å². The summed E-state index contributed by atoms with van der Waals surface area (Å²) in [6.45, 7) is 0. The fraction of sp³-hybridized carbons (Fsp3) is 0.0189. The minimum atomic E-state index is -0.557. The Kier molecular flexibility index (Phi) is 7.61. The topological polar surface area (TPSA) is 25.8 Å². The first-order chi connectivity index (χ1) is 27.8. The van der Waals surface area contributed by atoms with Gasteiger partial charge >= 0.3 is 0 Å². The third kappa shape index (κ3) is 5.02. The summed E-state index contributed by atoms with van der Waals surface area (Å²) < 4.78 is 2.63. The highest BCUT2D eigenvalue weighted by Crippen LogP contribution is 2.57. The molecule has 0 unspecified atom stereocenters. The van der Waals surface area contributed by atoms with E-state index in [1.54, 1.807) is 0 Å². The lowest BCUT2D eigenvalue weighted by atomic mass is 9.66. The maximum Gasteiger partial charge on any atom is 0.160 e. The maximum absolute atomic E-state index is 5.38. The SMILES string of the molecule is c1ccc(-c2nc(-c3ccc(-c4cccc5c4sc4ccccc45)cc3)cc(-c3ccccc3C3(c4ccccc4)c4ccccc4-c4ccccc43)n2)cc1. The molecule has 0 atom stereocenters. The van der Waals surface area contributed by atoms with E-state index in [4.69, 9.17) is 9.97 Å². The number of thiophene rings is 1. The van der Waals surface area contributed by atoms with Crippen molar-refractivity contribution in [1.29, 1.82) is 0 Å². The molecule has 2 heterocycles. The van der Waals surface area contributed by atoms with Crippen LogP contribution in [0.5, 0.6) is 0 Å². The molecule has 0 saturated carbocycles. The van der Waals surface area contributed by atoms with Crippen molar-refractivity contribution in [2.24, 2.45) is 0 Å². The molecule has 0 spiro atoms. The average molecular weight is 731 g/mol. The minimum absolute atomic E-state index is 0.557. The standard InChI is InChI=1S/C53H34N2S/c1-3-16-37(17-4-1)52-54-48(36-32-30-35(31-33-36)39-24-15-25-43-42-22-10-14-29-50(42)56-51(39)43)34-49(55-52)44-23-9-13-28-47(44)53(38-18-5-2-6-19-38)45-26-11-7-20-40(45)41-21-8-12-27-46(41)53/h1-34H. The Bertz CT molecular complexity index is 3030. The predicted molar refractivity (Wildman–Crippen MR) is 234 cm³/mol. The van der Waals surface area contributed by atoms with E-state index in [0.717, 1.165) is 28.1 Å². The van der Waals surface area contributed by atoms with Crippen LogP contribution in [0.3, 0.4) is 0 Å². The van der Waals surface area contributed by atoms with Crippen LogP contribution in [0.1, 0.15) is 22.3 Å². The van der Waals surface area contributed by atoms with Gasteiger partial charge in [0.25, 0.3) is 0 Å². The van der Waals surface area contributed by atoms with Crippen molar-refractivity contribution in [1.82, 2.24) is 9.97 Å². The molecule has 0 fully saturated rings. The Morgan fingerprint density at radius 1 is 0.357 bits per heavy atom. The van der Waals surface area contributed by atoms with Crippen molar-refractivity contribution in [2.45, 2.75) is 5.41 Å². The molecule has 0 aliphatic heterocycles. The highest BCUT2D eigenvalue weighted by atomic mass is 32.1. The molecule has 0 amide bonds. The molecular weight excluding hydrogens is 697 g/mol. The van der Waals surface area contributed by atoms with Gasteiger partial charge in [-0.15, -0.1) is 11.3 Å². The van der Waals surface area contributed by atoms with Gasteiger partial charge in [-0.3, -0.25) is 0 Å². The fourth-order valence-corrected chi connectivity index (χ4v) is 10.2. The summed E-state index contributed by atoms with van der Waals surface area (Å²) in [7, 11) is 0. The largest absolute Gasteiger partial charge is 0.228 e. The van der Waals surface area contributed by atoms with Crippen molar-refractivity contribution in [2.75, 3.05) is 0 Å². The first kappa shape index (κ1) is 32.5. The number of nitrogens with zero attached hydrogens (tertiary/aromatic N) is 2. The highest BCUT2D eigenvalue weighted by Gasteiger charge is 2.47. The number of hydrogen-bond acceptors (Lipinski definition) is 3. The second-order valence-corrected chi connectivity index (χ2v) is 15.5. The van der Waals surface area contributed by atoms with E-state index in [0.29, 0.717) is 5.82 Å². The second-order valence-electron chi connectivity index (χ2n) is 14.4. The molecule has 0 N–H and O–H groups in total. The van der Waals surface area contributed by atoms with Crippen LogP contribution in [-0.2, 0) is 5.41 Å². The summed E-state index contributed by atoms with van der Waals surface area (Å²) in [4.78, 5) is 10.6. The highest BCUT2D eigenvalue weighted by molar-refractivity contribution is 7.26. The van der Waals surface area contributed by atoms with Gasteiger partial charge in [-0.25, -0.2) is 9.97 Å². The zero-order chi connectivity index (χ0) is 37.1. The minimum Gasteiger partial charge on any atom is -0.228 e. The maximum atomic E-state index is 5.38. The number of benzene rings is 8. The van der Waals surface area contributed by atoms with E-state index in [9.17, 15) is 0 Å². The summed E-state index contributed by atoms with van der Waals surface area (Å²) in [5, 5.41) is 2.62. The van der Waals surface area contributed by atoms with Crippen LogP contribution in [0, 0.1) is 0 Å². The molecule has 8 aromatic carbocycles. The zero-order valence-electron chi connectivity index (χ0n) is 30.4. The molecule has 56 heavy (non-hydrogen) atoms. The Morgan fingerprint density at radius 3 is 1.59 bits per heavy atom. The van der Waals surface area contributed by atoms with E-state index >= 15 is 0 Å². The van der Waals surface area contributed by atoms with Gasteiger partial charge in [0.2, 0.25) is 0 Å². The van der Waals surface area contributed by atoms with Crippen LogP contribution in [0.4, 0.5) is 0 Å². The molecular formula is C53H34N2S. The van der Waals surface area contributed by atoms with Crippen LogP contribution in [0.2, 0.25) is 0 Å². The lowest BCUT2D eigenvalue weighted by Gasteiger charge is -2.35. The van der Waals surface area contributed by atoms with Gasteiger partial charge in [-0.05, 0) is 56.6 Å². The van der Waals surface area contributed by atoms with Gasteiger partial charge in [0.05, 0.1) is 16.8 Å². The van der Waals surface area contributed by atoms with E-state index in [2.05, 4.69) is 200 Å². The van der Waals surface area contributed by atoms with E-state index in [1.807, 2.05) is 17.4 Å². The summed E-state index contributed by atoms with van der Waals surface area (Å²) in [6.07, 6.45) is 0. The van der Waals surface area contributed by atoms with Crippen LogP contribution < -0.4 is 0 Å². The summed E-state index contributed by atoms with van der Waals surface area (Å²) >= 11 is 1.86. The van der Waals surface area contributed by atoms with Crippen molar-refractivity contribution < 1.29 is 0 Å². The fourth-order valence-electron chi connectivity index (χ4n) is 8.96. The summed E-state index contributed by atoms with van der Waals surface area (Å²) in [6, 6.07) is 74.4. The van der Waals surface area contributed by atoms with Crippen LogP contribution in [0.15, 0.2) is 206 Å². The monoisotopic (exact) mass is 730 g/mol. The van der Waals surface area contributed by atoms with Gasteiger partial charge < -0.3 is 0 Å². The van der Waals surface area contributed by atoms with Gasteiger partial charge in [0, 0.05) is 36.9 Å². The average Bonchev–Trinajstić information content (AvgIpc) is 3.81. The Hall–Kier alpha value is -6.94. The molecule has 262 valence electrons. The normalized spacial score (nSPS) is 12.8. The third-order valence-corrected chi connectivity index (χ3v) is 12.6. The lowest BCUT2D eigenvalue weighted by Crippen LogP contribution is -2.29. The van der Waals surface area contributed by atoms with E-state index in [-0.39, 0.29) is 0 Å². The molecule has 0 radical (unpaired) electrons. The van der Waals surface area contributed by atoms with Gasteiger partial charge in [0.15, 0.2) is 5.82 Å². The zero-order valence-corrected chi connectivity index (χ0v) is 31.2. The molecule has 0 saturated heterocycles. The number of hydrogen-bond donors (Lipinski definition) is 0. The van der Waals surface area contributed by atoms with Crippen molar-refractivity contribution in [3.63, 3.8) is 0 Å². The van der Waals surface area contributed by atoms with Crippen molar-refractivity contribution in [3.8, 4) is 56.2 Å². The smallest absolute Gasteiger partial charge is 0.160 e. The van der Waals surface area contributed by atoms with Crippen LogP contribution >= 0.6 is 11.3 Å². The Labute approximate surface area is 330 Å². The molecule has 2 aromatic heterocycles. The Balaban J connectivity index is 1.11. The molecule has 1 aliphatic rings. The second kappa shape index (κ2) is 13.1. The molecule has 11 rings (SSSR count). The molecule has 0 bridgehead atoms. The predicted octanol–water partition coefficient (Wildman–Crippen LogP) is 13.9.